The van der Waals surface area contributed by atoms with Crippen LogP contribution in [0.3, 0.4) is 0 Å². The van der Waals surface area contributed by atoms with Gasteiger partial charge in [-0.1, -0.05) is 18.2 Å². The number of hydrogen-bond acceptors (Lipinski definition) is 7. The Morgan fingerprint density at radius 1 is 0.471 bits per heavy atom. The number of rotatable bonds is 4. The quantitative estimate of drug-likeness (QED) is 0.361. The highest BCUT2D eigenvalue weighted by Gasteiger charge is 2.18. The van der Waals surface area contributed by atoms with Crippen LogP contribution in [-0.4, -0.2) is 16.8 Å². The zero-order chi connectivity index (χ0) is 24.9. The van der Waals surface area contributed by atoms with E-state index < -0.39 is 19.7 Å². The van der Waals surface area contributed by atoms with E-state index in [0.29, 0.717) is 22.0 Å². The number of aryl methyl sites for hydroxylation is 1. The van der Waals surface area contributed by atoms with Crippen LogP contribution >= 0.6 is 0 Å². The van der Waals surface area contributed by atoms with E-state index in [0.717, 1.165) is 5.56 Å². The molecule has 9 heteroatoms. The summed E-state index contributed by atoms with van der Waals surface area (Å²) >= 11 is 0. The molecule has 6 N–H and O–H groups in total. The molecular weight excluding hydrogens is 470 g/mol. The maximum atomic E-state index is 12.3. The Hall–Kier alpha value is -3.82. The van der Waals surface area contributed by atoms with Crippen LogP contribution in [0.4, 0.5) is 17.1 Å². The molecule has 0 aliphatic heterocycles. The van der Waals surface area contributed by atoms with Crippen molar-refractivity contribution in [3.05, 3.63) is 103 Å². The lowest BCUT2D eigenvalue weighted by molar-refractivity contribution is 0.594. The number of hydrogen-bond donors (Lipinski definition) is 3. The molecule has 0 bridgehead atoms. The van der Waals surface area contributed by atoms with E-state index in [-0.39, 0.29) is 14.7 Å². The summed E-state index contributed by atoms with van der Waals surface area (Å²) in [5.74, 6) is 0. The van der Waals surface area contributed by atoms with Crippen LogP contribution in [-0.2, 0) is 19.7 Å². The summed E-state index contributed by atoms with van der Waals surface area (Å²) in [5, 5.41) is 0. The highest BCUT2D eigenvalue weighted by atomic mass is 32.2. The van der Waals surface area contributed by atoms with Gasteiger partial charge < -0.3 is 17.2 Å². The van der Waals surface area contributed by atoms with Gasteiger partial charge in [0.05, 0.1) is 19.6 Å². The van der Waals surface area contributed by atoms with Gasteiger partial charge in [-0.25, -0.2) is 16.8 Å². The molecule has 0 saturated heterocycles. The lowest BCUT2D eigenvalue weighted by atomic mass is 10.2. The van der Waals surface area contributed by atoms with Crippen molar-refractivity contribution in [3.63, 3.8) is 0 Å². The van der Waals surface area contributed by atoms with Gasteiger partial charge in [-0.2, -0.15) is 0 Å². The predicted octanol–water partition coefficient (Wildman–Crippen LogP) is 4.09. The molecule has 4 aromatic rings. The molecule has 176 valence electrons. The number of sulfone groups is 2. The van der Waals surface area contributed by atoms with Crippen molar-refractivity contribution in [2.75, 3.05) is 17.2 Å². The fraction of sp³-hybridized carbons (Fsp3) is 0.0400. The first-order valence-electron chi connectivity index (χ1n) is 10.1. The van der Waals surface area contributed by atoms with Gasteiger partial charge in [-0.05, 0) is 91.3 Å². The van der Waals surface area contributed by atoms with Crippen molar-refractivity contribution >= 4 is 36.7 Å². The summed E-state index contributed by atoms with van der Waals surface area (Å²) in [7, 11) is -6.95. The molecule has 4 aromatic carbocycles. The molecular formula is C25H25N3O4S2. The van der Waals surface area contributed by atoms with E-state index in [9.17, 15) is 16.8 Å². The van der Waals surface area contributed by atoms with Gasteiger partial charge >= 0.3 is 0 Å². The fourth-order valence-corrected chi connectivity index (χ4v) is 5.71. The van der Waals surface area contributed by atoms with E-state index in [1.807, 2.05) is 13.0 Å². The second-order valence-corrected chi connectivity index (χ2v) is 11.4. The molecule has 34 heavy (non-hydrogen) atoms. The third kappa shape index (κ3) is 5.75. The molecule has 0 atom stereocenters. The molecule has 0 heterocycles. The normalized spacial score (nSPS) is 11.3. The monoisotopic (exact) mass is 495 g/mol. The minimum absolute atomic E-state index is 0.219. The molecule has 0 spiro atoms. The van der Waals surface area contributed by atoms with Gasteiger partial charge in [0.2, 0.25) is 19.7 Å². The van der Waals surface area contributed by atoms with E-state index in [4.69, 9.17) is 17.2 Å². The summed E-state index contributed by atoms with van der Waals surface area (Å²) in [6.45, 7) is 1.86. The second kappa shape index (κ2) is 9.98. The number of benzene rings is 4. The molecule has 0 aromatic heterocycles. The van der Waals surface area contributed by atoms with Crippen LogP contribution in [0, 0.1) is 6.92 Å². The van der Waals surface area contributed by atoms with E-state index >= 15 is 0 Å². The molecule has 0 aliphatic carbocycles. The SMILES string of the molecule is Cc1cccc(S(=O)(=O)c2cccc(N)c2)c1.Nc1ccc(S(=O)(=O)c2ccc(N)cc2)cc1. The molecule has 0 aliphatic rings. The molecule has 0 unspecified atom stereocenters. The van der Waals surface area contributed by atoms with Crippen molar-refractivity contribution < 1.29 is 16.8 Å². The molecule has 0 radical (unpaired) electrons. The maximum Gasteiger partial charge on any atom is 0.206 e. The standard InChI is InChI=1S/C13H13NO2S.C12H12N2O2S/c1-10-4-2-6-12(8-10)17(15,16)13-7-3-5-11(14)9-13;13-9-1-5-11(6-2-9)17(15,16)12-7-3-10(14)4-8-12/h2-9H,14H2,1H3;1-8H,13-14H2. The van der Waals surface area contributed by atoms with Crippen molar-refractivity contribution in [2.24, 2.45) is 0 Å². The minimum Gasteiger partial charge on any atom is -0.399 e. The number of nitrogen functional groups attached to an aromatic ring is 3. The first-order chi connectivity index (χ1) is 16.0. The molecule has 0 fully saturated rings. The van der Waals surface area contributed by atoms with E-state index in [1.165, 1.54) is 30.3 Å². The lowest BCUT2D eigenvalue weighted by Gasteiger charge is -2.06. The average Bonchev–Trinajstić information content (AvgIpc) is 2.80. The van der Waals surface area contributed by atoms with E-state index in [1.54, 1.807) is 60.7 Å². The zero-order valence-corrected chi connectivity index (χ0v) is 20.1. The third-order valence-electron chi connectivity index (χ3n) is 4.85. The Kier molecular flexibility index (Phi) is 7.29. The first-order valence-corrected chi connectivity index (χ1v) is 13.1. The Balaban J connectivity index is 0.000000191. The Morgan fingerprint density at radius 2 is 0.882 bits per heavy atom. The smallest absolute Gasteiger partial charge is 0.206 e. The Bertz CT molecular complexity index is 1400. The summed E-state index contributed by atoms with van der Waals surface area (Å²) in [5.41, 5.74) is 19.0. The van der Waals surface area contributed by atoms with Crippen LogP contribution in [0.2, 0.25) is 0 Å². The van der Waals surface area contributed by atoms with Gasteiger partial charge in [0.1, 0.15) is 0 Å². The Morgan fingerprint density at radius 3 is 1.32 bits per heavy atom. The van der Waals surface area contributed by atoms with Crippen LogP contribution in [0.25, 0.3) is 0 Å². The lowest BCUT2D eigenvalue weighted by Crippen LogP contribution is -2.02. The summed E-state index contributed by atoms with van der Waals surface area (Å²) in [6, 6.07) is 25.3. The third-order valence-corrected chi connectivity index (χ3v) is 8.38. The summed E-state index contributed by atoms with van der Waals surface area (Å²) < 4.78 is 48.9. The minimum atomic E-state index is -3.48. The van der Waals surface area contributed by atoms with Crippen molar-refractivity contribution in [1.82, 2.24) is 0 Å². The van der Waals surface area contributed by atoms with Gasteiger partial charge in [0.15, 0.2) is 0 Å². The van der Waals surface area contributed by atoms with Crippen LogP contribution < -0.4 is 17.2 Å². The largest absolute Gasteiger partial charge is 0.399 e. The van der Waals surface area contributed by atoms with Crippen LogP contribution in [0.5, 0.6) is 0 Å². The number of anilines is 3. The zero-order valence-electron chi connectivity index (χ0n) is 18.4. The van der Waals surface area contributed by atoms with Gasteiger partial charge in [0, 0.05) is 17.1 Å². The first kappa shape index (κ1) is 24.8. The fourth-order valence-electron chi connectivity index (χ4n) is 3.03. The van der Waals surface area contributed by atoms with Crippen molar-refractivity contribution in [2.45, 2.75) is 26.5 Å². The number of nitrogens with two attached hydrogens (primary N) is 3. The summed E-state index contributed by atoms with van der Waals surface area (Å²) in [6.07, 6.45) is 0. The van der Waals surface area contributed by atoms with Crippen LogP contribution in [0.15, 0.2) is 117 Å². The predicted molar refractivity (Wildman–Crippen MR) is 135 cm³/mol. The Labute approximate surface area is 199 Å². The highest BCUT2D eigenvalue weighted by Crippen LogP contribution is 2.23. The molecule has 0 amide bonds. The second-order valence-electron chi connectivity index (χ2n) is 7.53. The maximum absolute atomic E-state index is 12.3. The van der Waals surface area contributed by atoms with Gasteiger partial charge in [-0.15, -0.1) is 0 Å². The van der Waals surface area contributed by atoms with Gasteiger partial charge in [0.25, 0.3) is 0 Å². The summed E-state index contributed by atoms with van der Waals surface area (Å²) in [4.78, 5) is 0.958. The topological polar surface area (TPSA) is 146 Å². The van der Waals surface area contributed by atoms with Crippen molar-refractivity contribution in [3.8, 4) is 0 Å². The molecule has 4 rings (SSSR count). The average molecular weight is 496 g/mol. The highest BCUT2D eigenvalue weighted by molar-refractivity contribution is 7.91. The van der Waals surface area contributed by atoms with Crippen molar-refractivity contribution in [1.29, 1.82) is 0 Å². The molecule has 7 nitrogen and oxygen atoms in total. The van der Waals surface area contributed by atoms with E-state index in [2.05, 4.69) is 0 Å². The van der Waals surface area contributed by atoms with Gasteiger partial charge in [-0.3, -0.25) is 0 Å². The van der Waals surface area contributed by atoms with Crippen LogP contribution in [0.1, 0.15) is 5.56 Å². The molecule has 0 saturated carbocycles.